The number of aryl methyl sites for hydroxylation is 1. The van der Waals surface area contributed by atoms with Gasteiger partial charge in [-0.1, -0.05) is 13.8 Å². The number of hydrogen-bond acceptors (Lipinski definition) is 2. The van der Waals surface area contributed by atoms with Gasteiger partial charge in [-0.15, -0.1) is 0 Å². The van der Waals surface area contributed by atoms with E-state index in [-0.39, 0.29) is 11.7 Å². The number of hydrogen-bond donors (Lipinski definition) is 1. The molecule has 1 aromatic carbocycles. The van der Waals surface area contributed by atoms with Gasteiger partial charge in [-0.3, -0.25) is 9.69 Å². The Hall–Kier alpha value is -1.42. The Kier molecular flexibility index (Phi) is 5.34. The third-order valence-corrected chi connectivity index (χ3v) is 4.27. The zero-order chi connectivity index (χ0) is 15.4. The normalized spacial score (nSPS) is 17.2. The predicted molar refractivity (Wildman–Crippen MR) is 82.9 cm³/mol. The first kappa shape index (κ1) is 16.0. The molecule has 1 aromatic rings. The van der Waals surface area contributed by atoms with E-state index in [4.69, 9.17) is 0 Å². The molecule has 0 aliphatic carbocycles. The van der Waals surface area contributed by atoms with Gasteiger partial charge in [-0.25, -0.2) is 4.39 Å². The van der Waals surface area contributed by atoms with Gasteiger partial charge in [0.25, 0.3) is 5.91 Å². The average Bonchev–Trinajstić information content (AvgIpc) is 2.95. The zero-order valence-corrected chi connectivity index (χ0v) is 13.2. The molecule has 1 saturated heterocycles. The Morgan fingerprint density at radius 2 is 2.00 bits per heavy atom. The van der Waals surface area contributed by atoms with Gasteiger partial charge in [-0.2, -0.15) is 0 Å². The fourth-order valence-corrected chi connectivity index (χ4v) is 2.94. The number of likely N-dealkylation sites (tertiary alicyclic amines) is 1. The van der Waals surface area contributed by atoms with Gasteiger partial charge in [0.05, 0.1) is 0 Å². The molecule has 116 valence electrons. The van der Waals surface area contributed by atoms with E-state index in [1.807, 2.05) is 0 Å². The van der Waals surface area contributed by atoms with E-state index < -0.39 is 0 Å². The van der Waals surface area contributed by atoms with Crippen LogP contribution in [0, 0.1) is 18.7 Å². The summed E-state index contributed by atoms with van der Waals surface area (Å²) in [4.78, 5) is 14.7. The van der Waals surface area contributed by atoms with E-state index >= 15 is 0 Å². The largest absolute Gasteiger partial charge is 0.350 e. The van der Waals surface area contributed by atoms with E-state index in [0.717, 1.165) is 13.1 Å². The van der Waals surface area contributed by atoms with Gasteiger partial charge < -0.3 is 5.32 Å². The molecule has 1 heterocycles. The molecule has 1 amide bonds. The van der Waals surface area contributed by atoms with Crippen molar-refractivity contribution in [3.8, 4) is 0 Å². The molecule has 1 aliphatic heterocycles. The highest BCUT2D eigenvalue weighted by Crippen LogP contribution is 2.17. The van der Waals surface area contributed by atoms with Crippen LogP contribution in [0.4, 0.5) is 4.39 Å². The molecule has 0 bridgehead atoms. The minimum Gasteiger partial charge on any atom is -0.350 e. The first-order valence-corrected chi connectivity index (χ1v) is 7.77. The summed E-state index contributed by atoms with van der Waals surface area (Å²) in [6, 6.07) is 4.87. The lowest BCUT2D eigenvalue weighted by Crippen LogP contribution is -2.45. The Bertz CT molecular complexity index is 496. The first-order valence-electron chi connectivity index (χ1n) is 7.77. The smallest absolute Gasteiger partial charge is 0.251 e. The van der Waals surface area contributed by atoms with Gasteiger partial charge in [0.15, 0.2) is 0 Å². The van der Waals surface area contributed by atoms with Crippen LogP contribution in [0.1, 0.15) is 42.6 Å². The molecule has 0 aromatic heterocycles. The van der Waals surface area contributed by atoms with Crippen molar-refractivity contribution in [1.29, 1.82) is 0 Å². The zero-order valence-electron chi connectivity index (χ0n) is 13.2. The maximum absolute atomic E-state index is 13.2. The predicted octanol–water partition coefficient (Wildman–Crippen LogP) is 2.98. The van der Waals surface area contributed by atoms with Crippen LogP contribution in [0.15, 0.2) is 18.2 Å². The van der Waals surface area contributed by atoms with Crippen LogP contribution < -0.4 is 5.32 Å². The number of nitrogens with one attached hydrogen (secondary N) is 1. The molecule has 0 radical (unpaired) electrons. The van der Waals surface area contributed by atoms with Gasteiger partial charge in [0.1, 0.15) is 5.82 Å². The number of carbonyl (C=O) groups excluding carboxylic acids is 1. The third kappa shape index (κ3) is 4.03. The van der Waals surface area contributed by atoms with Gasteiger partial charge in [0.2, 0.25) is 0 Å². The number of amides is 1. The molecule has 4 heteroatoms. The molecule has 3 nitrogen and oxygen atoms in total. The van der Waals surface area contributed by atoms with Crippen molar-refractivity contribution in [2.75, 3.05) is 19.6 Å². The summed E-state index contributed by atoms with van der Waals surface area (Å²) in [6.07, 6.45) is 2.49. The summed E-state index contributed by atoms with van der Waals surface area (Å²) in [5.74, 6) is 0.102. The second-order valence-corrected chi connectivity index (χ2v) is 6.23. The summed E-state index contributed by atoms with van der Waals surface area (Å²) in [7, 11) is 0. The number of rotatable bonds is 5. The van der Waals surface area contributed by atoms with Gasteiger partial charge in [0, 0.05) is 18.2 Å². The number of carbonyl (C=O) groups is 1. The summed E-state index contributed by atoms with van der Waals surface area (Å²) < 4.78 is 13.2. The standard InChI is InChI=1S/C17H25FN2O/c1-12(2)16(20-8-4-5-9-20)11-19-17(21)14-6-7-15(18)13(3)10-14/h6-7,10,12,16H,4-5,8-9,11H2,1-3H3,(H,19,21). The monoisotopic (exact) mass is 292 g/mol. The van der Waals surface area contributed by atoms with Crippen molar-refractivity contribution in [2.24, 2.45) is 5.92 Å². The minimum atomic E-state index is -0.274. The molecular weight excluding hydrogens is 267 g/mol. The Labute approximate surface area is 126 Å². The lowest BCUT2D eigenvalue weighted by Gasteiger charge is -2.31. The molecule has 0 saturated carbocycles. The number of nitrogens with zero attached hydrogens (tertiary/aromatic N) is 1. The second kappa shape index (κ2) is 7.03. The van der Waals surface area contributed by atoms with Crippen LogP contribution >= 0.6 is 0 Å². The second-order valence-electron chi connectivity index (χ2n) is 6.23. The van der Waals surface area contributed by atoms with Crippen molar-refractivity contribution in [2.45, 2.75) is 39.7 Å². The van der Waals surface area contributed by atoms with E-state index in [0.29, 0.717) is 29.6 Å². The summed E-state index contributed by atoms with van der Waals surface area (Å²) >= 11 is 0. The topological polar surface area (TPSA) is 32.3 Å². The maximum Gasteiger partial charge on any atom is 0.251 e. The van der Waals surface area contributed by atoms with E-state index in [9.17, 15) is 9.18 Å². The molecule has 1 unspecified atom stereocenters. The highest BCUT2D eigenvalue weighted by Gasteiger charge is 2.25. The molecular formula is C17H25FN2O. The van der Waals surface area contributed by atoms with Crippen molar-refractivity contribution in [1.82, 2.24) is 10.2 Å². The quantitative estimate of drug-likeness (QED) is 0.905. The Morgan fingerprint density at radius 3 is 2.57 bits per heavy atom. The summed E-state index contributed by atoms with van der Waals surface area (Å²) in [6.45, 7) is 8.94. The Balaban J connectivity index is 1.96. The van der Waals surface area contributed by atoms with Crippen LogP contribution in [0.2, 0.25) is 0 Å². The van der Waals surface area contributed by atoms with Gasteiger partial charge >= 0.3 is 0 Å². The molecule has 1 aliphatic rings. The number of benzene rings is 1. The maximum atomic E-state index is 13.2. The van der Waals surface area contributed by atoms with E-state index in [1.165, 1.54) is 25.0 Å². The molecule has 0 spiro atoms. The molecule has 1 fully saturated rings. The van der Waals surface area contributed by atoms with Crippen LogP contribution in [-0.2, 0) is 0 Å². The van der Waals surface area contributed by atoms with Crippen LogP contribution in [-0.4, -0.2) is 36.5 Å². The van der Waals surface area contributed by atoms with Crippen LogP contribution in [0.3, 0.4) is 0 Å². The SMILES string of the molecule is Cc1cc(C(=O)NCC(C(C)C)N2CCCC2)ccc1F. The first-order chi connectivity index (χ1) is 9.99. The molecule has 21 heavy (non-hydrogen) atoms. The third-order valence-electron chi connectivity index (χ3n) is 4.27. The highest BCUT2D eigenvalue weighted by atomic mass is 19.1. The van der Waals surface area contributed by atoms with E-state index in [1.54, 1.807) is 13.0 Å². The lowest BCUT2D eigenvalue weighted by atomic mass is 10.0. The van der Waals surface area contributed by atoms with Gasteiger partial charge in [-0.05, 0) is 62.5 Å². The molecule has 1 atom stereocenters. The van der Waals surface area contributed by atoms with Crippen molar-refractivity contribution in [3.63, 3.8) is 0 Å². The average molecular weight is 292 g/mol. The fraction of sp³-hybridized carbons (Fsp3) is 0.588. The Morgan fingerprint density at radius 1 is 1.33 bits per heavy atom. The summed E-state index contributed by atoms with van der Waals surface area (Å²) in [5, 5.41) is 3.00. The van der Waals surface area contributed by atoms with Crippen LogP contribution in [0.25, 0.3) is 0 Å². The highest BCUT2D eigenvalue weighted by molar-refractivity contribution is 5.94. The van der Waals surface area contributed by atoms with Crippen molar-refractivity contribution >= 4 is 5.91 Å². The lowest BCUT2D eigenvalue weighted by molar-refractivity contribution is 0.0927. The number of halogens is 1. The van der Waals surface area contributed by atoms with E-state index in [2.05, 4.69) is 24.1 Å². The van der Waals surface area contributed by atoms with Crippen molar-refractivity contribution < 1.29 is 9.18 Å². The fourth-order valence-electron chi connectivity index (χ4n) is 2.94. The molecule has 2 rings (SSSR count). The van der Waals surface area contributed by atoms with Crippen molar-refractivity contribution in [3.05, 3.63) is 35.1 Å². The summed E-state index contributed by atoms with van der Waals surface area (Å²) in [5.41, 5.74) is 1.03. The van der Waals surface area contributed by atoms with Crippen LogP contribution in [0.5, 0.6) is 0 Å². The molecule has 1 N–H and O–H groups in total. The minimum absolute atomic E-state index is 0.122.